The Morgan fingerprint density at radius 1 is 0.315 bits per heavy atom. The minimum absolute atomic E-state index is 0.835. The van der Waals surface area contributed by atoms with Gasteiger partial charge in [-0.2, -0.15) is 0 Å². The number of rotatable bonds is 8. The molecule has 0 unspecified atom stereocenters. The first-order valence-electron chi connectivity index (χ1n) is 25.3. The van der Waals surface area contributed by atoms with E-state index in [1.165, 1.54) is 42.9 Å². The summed E-state index contributed by atoms with van der Waals surface area (Å²) in [6.45, 7) is 14.6. The fourth-order valence-corrected chi connectivity index (χ4v) is 13.7. The van der Waals surface area contributed by atoms with Crippen molar-refractivity contribution >= 4 is 137 Å². The number of nitrogens with zero attached hydrogens (tertiary/aromatic N) is 2. The second-order valence-corrected chi connectivity index (χ2v) is 31.9. The summed E-state index contributed by atoms with van der Waals surface area (Å²) in [5, 5.41) is 14.4. The van der Waals surface area contributed by atoms with E-state index in [1.807, 2.05) is 18.2 Å². The molecule has 1 aliphatic rings. The zero-order chi connectivity index (χ0) is 49.3. The van der Waals surface area contributed by atoms with Gasteiger partial charge in [0.1, 0.15) is 28.2 Å². The van der Waals surface area contributed by atoms with Crippen LogP contribution >= 0.6 is 0 Å². The first-order valence-corrected chi connectivity index (χ1v) is 32.3. The lowest BCUT2D eigenvalue weighted by atomic mass is 9.88. The normalized spacial score (nSPS) is 12.6. The average Bonchev–Trinajstić information content (AvgIpc) is 3.98. The van der Waals surface area contributed by atoms with Crippen LogP contribution in [0, 0.1) is 0 Å². The number of benzene rings is 11. The van der Waals surface area contributed by atoms with Gasteiger partial charge in [0.15, 0.2) is 5.58 Å². The number of hydrogen-bond acceptors (Lipinski definition) is 5. The zero-order valence-electron chi connectivity index (χ0n) is 41.7. The molecule has 0 N–H and O–H groups in total. The second kappa shape index (κ2) is 16.1. The first kappa shape index (κ1) is 43.4. The van der Waals surface area contributed by atoms with Gasteiger partial charge < -0.3 is 23.4 Å². The summed E-state index contributed by atoms with van der Waals surface area (Å²) in [5.41, 5.74) is 11.9. The van der Waals surface area contributed by atoms with Crippen LogP contribution in [0.25, 0.3) is 87.3 Å². The van der Waals surface area contributed by atoms with Crippen molar-refractivity contribution in [2.45, 2.75) is 39.3 Å². The third kappa shape index (κ3) is 6.94. The second-order valence-electron chi connectivity index (χ2n) is 21.7. The van der Waals surface area contributed by atoms with Crippen molar-refractivity contribution in [1.82, 2.24) is 0 Å². The predicted molar refractivity (Wildman–Crippen MR) is 314 cm³/mol. The van der Waals surface area contributed by atoms with Gasteiger partial charge in [-0.15, -0.1) is 0 Å². The number of hydrogen-bond donors (Lipinski definition) is 0. The average molecular weight is 977 g/mol. The van der Waals surface area contributed by atoms with Crippen LogP contribution in [-0.2, 0) is 0 Å². The molecular weight excluding hydrogens is 925 g/mol. The van der Waals surface area contributed by atoms with E-state index in [0.29, 0.717) is 0 Å². The Kier molecular flexibility index (Phi) is 9.56. The Morgan fingerprint density at radius 3 is 1.63 bits per heavy atom. The molecule has 0 spiro atoms. The standard InChI is InChI=1S/C66H52N2O3Si2/c1-72(2,3)45-30-33-47-53(36-45)54-39-57-51-32-29-44(67(41-18-9-7-10-19-41)43-28-31-50-48-22-13-15-26-60(48)69-62(50)34-43)35-63(51)70-64-38-46(73(4,5)6)37-56(65(57)64)55(54)40-59(47)68(42-20-11-8-12-21-42)58-25-17-24-52-49-23-14-16-27-61(49)71-66(52)58/h7-40H,1-6H3. The van der Waals surface area contributed by atoms with E-state index in [9.17, 15) is 0 Å². The molecular formula is C66H52N2O3Si2. The molecule has 0 fully saturated rings. The molecule has 0 aliphatic carbocycles. The van der Waals surface area contributed by atoms with Gasteiger partial charge in [-0.3, -0.25) is 0 Å². The third-order valence-electron chi connectivity index (χ3n) is 15.1. The number of ether oxygens (including phenoxy) is 1. The molecule has 0 bridgehead atoms. The molecule has 1 aliphatic heterocycles. The van der Waals surface area contributed by atoms with E-state index in [-0.39, 0.29) is 0 Å². The summed E-state index contributed by atoms with van der Waals surface area (Å²) in [6, 6.07) is 74.9. The van der Waals surface area contributed by atoms with Gasteiger partial charge in [-0.1, -0.05) is 159 Å². The first-order chi connectivity index (χ1) is 35.4. The summed E-state index contributed by atoms with van der Waals surface area (Å²) in [4.78, 5) is 4.73. The monoisotopic (exact) mass is 976 g/mol. The van der Waals surface area contributed by atoms with Crippen LogP contribution < -0.4 is 24.9 Å². The smallest absolute Gasteiger partial charge is 0.159 e. The quantitative estimate of drug-likeness (QED) is 0.112. The number of anilines is 6. The maximum absolute atomic E-state index is 7.31. The van der Waals surface area contributed by atoms with E-state index in [0.717, 1.165) is 100 Å². The molecule has 7 heteroatoms. The highest BCUT2D eigenvalue weighted by atomic mass is 28.3. The third-order valence-corrected chi connectivity index (χ3v) is 19.2. The van der Waals surface area contributed by atoms with E-state index in [4.69, 9.17) is 13.6 Å². The lowest BCUT2D eigenvalue weighted by Crippen LogP contribution is -2.37. The van der Waals surface area contributed by atoms with Crippen LogP contribution in [0.5, 0.6) is 11.5 Å². The highest BCUT2D eigenvalue weighted by Gasteiger charge is 2.30. The molecule has 3 heterocycles. The Hall–Kier alpha value is -8.37. The van der Waals surface area contributed by atoms with Gasteiger partial charge in [0, 0.05) is 72.8 Å². The summed E-state index contributed by atoms with van der Waals surface area (Å²) >= 11 is 0. The highest BCUT2D eigenvalue weighted by Crippen LogP contribution is 2.53. The van der Waals surface area contributed by atoms with Gasteiger partial charge >= 0.3 is 0 Å². The summed E-state index contributed by atoms with van der Waals surface area (Å²) in [7, 11) is -3.69. The SMILES string of the molecule is C[Si](C)(C)c1ccc2c(N(c3ccccc3)c3cccc4c3oc3ccccc34)cc3c4cc([Si](C)(C)C)cc5c4c(cc3c2c1)-c1ccc(N(c2ccccc2)c2ccc3c(c2)oc2ccccc23)cc1O5. The maximum atomic E-state index is 7.31. The maximum Gasteiger partial charge on any atom is 0.159 e. The van der Waals surface area contributed by atoms with Crippen molar-refractivity contribution in [2.24, 2.45) is 0 Å². The van der Waals surface area contributed by atoms with E-state index >= 15 is 0 Å². The van der Waals surface area contributed by atoms with Gasteiger partial charge in [0.05, 0.1) is 27.5 Å². The summed E-state index contributed by atoms with van der Waals surface area (Å²) in [5.74, 6) is 1.73. The molecule has 14 rings (SSSR count). The van der Waals surface area contributed by atoms with Gasteiger partial charge in [0.25, 0.3) is 0 Å². The van der Waals surface area contributed by atoms with Gasteiger partial charge in [-0.25, -0.2) is 0 Å². The van der Waals surface area contributed by atoms with Crippen molar-refractivity contribution in [3.8, 4) is 22.6 Å². The molecule has 73 heavy (non-hydrogen) atoms. The van der Waals surface area contributed by atoms with E-state index < -0.39 is 16.1 Å². The zero-order valence-corrected chi connectivity index (χ0v) is 43.7. The number of fused-ring (bicyclic) bond motifs is 12. The highest BCUT2D eigenvalue weighted by molar-refractivity contribution is 6.89. The number of para-hydroxylation sites is 5. The van der Waals surface area contributed by atoms with E-state index in [1.54, 1.807) is 0 Å². The number of furan rings is 2. The molecule has 2 aromatic heterocycles. The van der Waals surface area contributed by atoms with Crippen LogP contribution in [-0.4, -0.2) is 16.1 Å². The minimum Gasteiger partial charge on any atom is -0.456 e. The molecule has 11 aromatic carbocycles. The minimum atomic E-state index is -1.91. The summed E-state index contributed by atoms with van der Waals surface area (Å²) in [6.07, 6.45) is 0. The molecule has 0 atom stereocenters. The largest absolute Gasteiger partial charge is 0.456 e. The molecule has 13 aromatic rings. The Labute approximate surface area is 426 Å². The van der Waals surface area contributed by atoms with Gasteiger partial charge in [-0.05, 0) is 112 Å². The van der Waals surface area contributed by atoms with Crippen molar-refractivity contribution in [3.63, 3.8) is 0 Å². The van der Waals surface area contributed by atoms with Crippen LogP contribution in [0.2, 0.25) is 39.3 Å². The Morgan fingerprint density at radius 2 is 0.890 bits per heavy atom. The molecule has 5 nitrogen and oxygen atoms in total. The lowest BCUT2D eigenvalue weighted by Gasteiger charge is -2.30. The van der Waals surface area contributed by atoms with Crippen molar-refractivity contribution in [3.05, 3.63) is 206 Å². The van der Waals surface area contributed by atoms with Crippen LogP contribution in [0.1, 0.15) is 0 Å². The topological polar surface area (TPSA) is 42.0 Å². The fraction of sp³-hybridized carbons (Fsp3) is 0.0909. The lowest BCUT2D eigenvalue weighted by molar-refractivity contribution is 0.487. The van der Waals surface area contributed by atoms with Crippen LogP contribution in [0.3, 0.4) is 0 Å². The molecule has 352 valence electrons. The molecule has 0 radical (unpaired) electrons. The van der Waals surface area contributed by atoms with Crippen molar-refractivity contribution < 1.29 is 13.6 Å². The Bertz CT molecular complexity index is 4390. The summed E-state index contributed by atoms with van der Waals surface area (Å²) < 4.78 is 20.6. The molecule has 0 saturated heterocycles. The Balaban J connectivity index is 1.03. The molecule has 0 saturated carbocycles. The van der Waals surface area contributed by atoms with Crippen LogP contribution in [0.15, 0.2) is 215 Å². The predicted octanol–water partition coefficient (Wildman–Crippen LogP) is 18.7. The molecule has 0 amide bonds. The fourth-order valence-electron chi connectivity index (χ4n) is 11.4. The van der Waals surface area contributed by atoms with E-state index in [2.05, 4.69) is 237 Å². The van der Waals surface area contributed by atoms with Crippen molar-refractivity contribution in [2.75, 3.05) is 9.80 Å². The van der Waals surface area contributed by atoms with Crippen LogP contribution in [0.4, 0.5) is 34.1 Å². The van der Waals surface area contributed by atoms with Crippen molar-refractivity contribution in [1.29, 1.82) is 0 Å². The van der Waals surface area contributed by atoms with Gasteiger partial charge in [0.2, 0.25) is 0 Å².